The minimum atomic E-state index is -0.965. The molecule has 2 heterocycles. The smallest absolute Gasteiger partial charge is 0.335 e. The molecule has 2 aliphatic heterocycles. The molecule has 12 nitrogen and oxygen atoms in total. The molecule has 238 valence electrons. The summed E-state index contributed by atoms with van der Waals surface area (Å²) in [5, 5.41) is 18.1. The summed E-state index contributed by atoms with van der Waals surface area (Å²) >= 11 is 0. The van der Waals surface area contributed by atoms with Gasteiger partial charge in [-0.3, -0.25) is 9.69 Å². The van der Waals surface area contributed by atoms with Crippen molar-refractivity contribution in [2.75, 3.05) is 46.5 Å². The highest BCUT2D eigenvalue weighted by molar-refractivity contribution is 5.95. The summed E-state index contributed by atoms with van der Waals surface area (Å²) < 4.78 is 23.4. The summed E-state index contributed by atoms with van der Waals surface area (Å²) in [6.07, 6.45) is 0.304. The Morgan fingerprint density at radius 1 is 1.00 bits per heavy atom. The first-order valence-electron chi connectivity index (χ1n) is 14.9. The van der Waals surface area contributed by atoms with Gasteiger partial charge in [-0.05, 0) is 53.9 Å². The summed E-state index contributed by atoms with van der Waals surface area (Å²) in [6.45, 7) is 3.19. The highest BCUT2D eigenvalue weighted by atomic mass is 16.5. The van der Waals surface area contributed by atoms with Crippen molar-refractivity contribution in [2.24, 2.45) is 0 Å². The van der Waals surface area contributed by atoms with E-state index in [0.29, 0.717) is 62.1 Å². The van der Waals surface area contributed by atoms with Crippen molar-refractivity contribution in [1.82, 2.24) is 20.9 Å². The molecule has 0 saturated carbocycles. The number of carbonyl (C=O) groups excluding carboxylic acids is 2. The minimum Gasteiger partial charge on any atom is -0.491 e. The number of methoxy groups -OCH3 is 1. The molecule has 3 amide bonds. The van der Waals surface area contributed by atoms with E-state index in [4.69, 9.17) is 18.9 Å². The van der Waals surface area contributed by atoms with E-state index in [9.17, 15) is 19.5 Å². The fourth-order valence-corrected chi connectivity index (χ4v) is 5.32. The molecule has 0 aliphatic carbocycles. The lowest BCUT2D eigenvalue weighted by molar-refractivity contribution is -0.0303. The number of carboxylic acid groups (broad SMARTS) is 1. The van der Waals surface area contributed by atoms with Crippen molar-refractivity contribution in [3.63, 3.8) is 0 Å². The van der Waals surface area contributed by atoms with E-state index in [-0.39, 0.29) is 49.3 Å². The number of carboxylic acids is 1. The Bertz CT molecular complexity index is 1500. The van der Waals surface area contributed by atoms with Gasteiger partial charge in [-0.1, -0.05) is 24.3 Å². The fourth-order valence-electron chi connectivity index (χ4n) is 5.32. The Hall–Kier alpha value is -4.65. The van der Waals surface area contributed by atoms with Gasteiger partial charge in [0.2, 0.25) is 0 Å². The number of piperidine rings is 1. The number of hydrogen-bond acceptors (Lipinski definition) is 8. The zero-order valence-electron chi connectivity index (χ0n) is 25.1. The van der Waals surface area contributed by atoms with Crippen molar-refractivity contribution in [3.8, 4) is 17.2 Å². The predicted octanol–water partition coefficient (Wildman–Crippen LogP) is 3.40. The number of carbonyl (C=O) groups is 3. The SMILES string of the molecule is COCCOc1cc2cc(c1)C(=O)NCCNC(=O)N[C@H]1CCN(Cc3cccc(C(=O)O)c3)C[C@@H]1OCc1cccc(c1)O2. The number of ether oxygens (including phenoxy) is 4. The van der Waals surface area contributed by atoms with E-state index in [1.165, 1.54) is 0 Å². The van der Waals surface area contributed by atoms with Crippen LogP contribution in [0.1, 0.15) is 38.3 Å². The third-order valence-electron chi connectivity index (χ3n) is 7.53. The number of aromatic carboxylic acids is 1. The minimum absolute atomic E-state index is 0.215. The molecule has 1 fully saturated rings. The van der Waals surface area contributed by atoms with Gasteiger partial charge in [0.25, 0.3) is 5.91 Å². The highest BCUT2D eigenvalue weighted by Gasteiger charge is 2.31. The molecule has 3 aromatic carbocycles. The Kier molecular flexibility index (Phi) is 10.9. The molecule has 5 rings (SSSR count). The lowest BCUT2D eigenvalue weighted by Gasteiger charge is -2.38. The van der Waals surface area contributed by atoms with Crippen LogP contribution in [0.5, 0.6) is 17.2 Å². The van der Waals surface area contributed by atoms with Crippen molar-refractivity contribution in [2.45, 2.75) is 31.7 Å². The number of fused-ring (bicyclic) bond motifs is 5. The van der Waals surface area contributed by atoms with Crippen molar-refractivity contribution >= 4 is 17.9 Å². The van der Waals surface area contributed by atoms with Crippen LogP contribution in [0.25, 0.3) is 0 Å². The zero-order valence-corrected chi connectivity index (χ0v) is 25.1. The van der Waals surface area contributed by atoms with Crippen molar-refractivity contribution < 1.29 is 38.4 Å². The van der Waals surface area contributed by atoms with E-state index < -0.39 is 5.97 Å². The number of nitrogens with zero attached hydrogens (tertiary/aromatic N) is 1. The Morgan fingerprint density at radius 2 is 1.84 bits per heavy atom. The topological polar surface area (TPSA) is 148 Å². The molecule has 4 N–H and O–H groups in total. The van der Waals surface area contributed by atoms with Gasteiger partial charge in [0.1, 0.15) is 23.9 Å². The van der Waals surface area contributed by atoms with Crippen LogP contribution in [0.4, 0.5) is 4.79 Å². The van der Waals surface area contributed by atoms with E-state index in [1.807, 2.05) is 30.3 Å². The van der Waals surface area contributed by atoms with Gasteiger partial charge in [-0.25, -0.2) is 9.59 Å². The summed E-state index contributed by atoms with van der Waals surface area (Å²) in [6, 6.07) is 18.8. The summed E-state index contributed by atoms with van der Waals surface area (Å²) in [5.41, 5.74) is 2.36. The molecule has 45 heavy (non-hydrogen) atoms. The van der Waals surface area contributed by atoms with Crippen LogP contribution < -0.4 is 25.4 Å². The monoisotopic (exact) mass is 618 g/mol. The first kappa shape index (κ1) is 31.8. The molecule has 3 aromatic rings. The third kappa shape index (κ3) is 9.17. The molecular formula is C33H38N4O8. The number of nitrogens with one attached hydrogen (secondary N) is 3. The van der Waals surface area contributed by atoms with Crippen LogP contribution in [-0.2, 0) is 22.6 Å². The standard InChI is InChI=1S/C33H38N4O8/c1-42-12-13-43-27-16-25-17-28(18-27)45-26-7-3-5-23(15-26)21-44-30-20-37(19-22-4-2-6-24(14-22)32(39)40)11-8-29(30)36-33(41)35-10-9-34-31(25)38/h2-7,14-18,29-30H,8-13,19-21H2,1H3,(H,34,38)(H,39,40)(H2,35,36,41)/t29-,30-/m0/s1. The zero-order chi connectivity index (χ0) is 31.6. The maximum absolute atomic E-state index is 13.0. The van der Waals surface area contributed by atoms with Gasteiger partial charge in [-0.2, -0.15) is 0 Å². The van der Waals surface area contributed by atoms with Gasteiger partial charge in [-0.15, -0.1) is 0 Å². The molecule has 2 atom stereocenters. The number of rotatable bonds is 7. The number of hydrogen-bond donors (Lipinski definition) is 4. The molecule has 0 spiro atoms. The highest BCUT2D eigenvalue weighted by Crippen LogP contribution is 2.29. The summed E-state index contributed by atoms with van der Waals surface area (Å²) in [7, 11) is 1.58. The second-order valence-electron chi connectivity index (χ2n) is 10.9. The van der Waals surface area contributed by atoms with Crippen molar-refractivity contribution in [1.29, 1.82) is 0 Å². The Labute approximate surface area is 261 Å². The fraction of sp³-hybridized carbons (Fsp3) is 0.364. The lowest BCUT2D eigenvalue weighted by Crippen LogP contribution is -2.56. The maximum atomic E-state index is 13.0. The Balaban J connectivity index is 1.34. The normalized spacial score (nSPS) is 19.4. The summed E-state index contributed by atoms with van der Waals surface area (Å²) in [4.78, 5) is 39.5. The van der Waals surface area contributed by atoms with Crippen molar-refractivity contribution in [3.05, 3.63) is 89.0 Å². The lowest BCUT2D eigenvalue weighted by atomic mass is 10.0. The van der Waals surface area contributed by atoms with Crippen LogP contribution in [-0.4, -0.2) is 86.6 Å². The number of amides is 3. The first-order chi connectivity index (χ1) is 21.9. The second kappa shape index (κ2) is 15.4. The van der Waals surface area contributed by atoms with E-state index in [1.54, 1.807) is 43.5 Å². The Morgan fingerprint density at radius 3 is 2.69 bits per heavy atom. The van der Waals surface area contributed by atoms with E-state index in [0.717, 1.165) is 11.1 Å². The quantitative estimate of drug-likeness (QED) is 0.293. The van der Waals surface area contributed by atoms with Crippen LogP contribution in [0, 0.1) is 0 Å². The molecule has 0 radical (unpaired) electrons. The predicted molar refractivity (Wildman–Crippen MR) is 165 cm³/mol. The van der Waals surface area contributed by atoms with Gasteiger partial charge < -0.3 is 40.0 Å². The van der Waals surface area contributed by atoms with Gasteiger partial charge >= 0.3 is 12.0 Å². The molecule has 0 aromatic heterocycles. The number of urea groups is 1. The maximum Gasteiger partial charge on any atom is 0.335 e. The second-order valence-corrected chi connectivity index (χ2v) is 10.9. The molecule has 4 bridgehead atoms. The third-order valence-corrected chi connectivity index (χ3v) is 7.53. The first-order valence-corrected chi connectivity index (χ1v) is 14.9. The van der Waals surface area contributed by atoms with Crippen LogP contribution in [0.15, 0.2) is 66.7 Å². The van der Waals surface area contributed by atoms with Crippen LogP contribution >= 0.6 is 0 Å². The average molecular weight is 619 g/mol. The van der Waals surface area contributed by atoms with Gasteiger partial charge in [0.15, 0.2) is 0 Å². The van der Waals surface area contributed by atoms with Crippen LogP contribution in [0.3, 0.4) is 0 Å². The van der Waals surface area contributed by atoms with E-state index >= 15 is 0 Å². The molecule has 12 heteroatoms. The van der Waals surface area contributed by atoms with E-state index in [2.05, 4.69) is 20.9 Å². The average Bonchev–Trinajstić information content (AvgIpc) is 3.03. The molecular weight excluding hydrogens is 580 g/mol. The van der Waals surface area contributed by atoms with Gasteiger partial charge in [0.05, 0.1) is 30.9 Å². The number of benzene rings is 3. The molecule has 2 aliphatic rings. The molecule has 1 saturated heterocycles. The van der Waals surface area contributed by atoms with Crippen LogP contribution in [0.2, 0.25) is 0 Å². The molecule has 0 unspecified atom stereocenters. The summed E-state index contributed by atoms with van der Waals surface area (Å²) in [5.74, 6) is 0.164. The largest absolute Gasteiger partial charge is 0.491 e. The van der Waals surface area contributed by atoms with Gasteiger partial charge in [0, 0.05) is 51.5 Å². The number of likely N-dealkylation sites (tertiary alicyclic amines) is 1.